The van der Waals surface area contributed by atoms with Crippen molar-refractivity contribution in [1.29, 1.82) is 0 Å². The summed E-state index contributed by atoms with van der Waals surface area (Å²) in [5.74, 6) is 0.188. The van der Waals surface area contributed by atoms with Crippen molar-refractivity contribution >= 4 is 12.0 Å². The lowest BCUT2D eigenvalue weighted by Crippen LogP contribution is -2.45. The van der Waals surface area contributed by atoms with Crippen molar-refractivity contribution in [2.45, 2.75) is 39.8 Å². The number of esters is 1. The first-order chi connectivity index (χ1) is 19.1. The summed E-state index contributed by atoms with van der Waals surface area (Å²) in [5, 5.41) is 14.3. The summed E-state index contributed by atoms with van der Waals surface area (Å²) in [5.41, 5.74) is 4.88. The minimum atomic E-state index is -0.415. The van der Waals surface area contributed by atoms with Gasteiger partial charge in [-0.3, -0.25) is 4.79 Å². The van der Waals surface area contributed by atoms with Gasteiger partial charge in [-0.25, -0.2) is 9.89 Å². The van der Waals surface area contributed by atoms with Crippen molar-refractivity contribution in [3.05, 3.63) is 90.0 Å². The van der Waals surface area contributed by atoms with Gasteiger partial charge in [-0.2, -0.15) is 0 Å². The summed E-state index contributed by atoms with van der Waals surface area (Å²) in [4.78, 5) is 29.5. The fourth-order valence-electron chi connectivity index (χ4n) is 4.37. The Morgan fingerprint density at radius 3 is 2.15 bits per heavy atom. The number of rotatable bonds is 12. The van der Waals surface area contributed by atoms with Gasteiger partial charge in [-0.05, 0) is 46.0 Å². The third-order valence-electron chi connectivity index (χ3n) is 6.33. The van der Waals surface area contributed by atoms with Crippen LogP contribution in [0.2, 0.25) is 0 Å². The van der Waals surface area contributed by atoms with Crippen LogP contribution < -0.4 is 0 Å². The molecule has 9 heteroatoms. The first-order valence-corrected chi connectivity index (χ1v) is 13.2. The average Bonchev–Trinajstić information content (AvgIpc) is 3.51. The van der Waals surface area contributed by atoms with Crippen LogP contribution >= 0.6 is 0 Å². The van der Waals surface area contributed by atoms with E-state index in [0.717, 1.165) is 40.7 Å². The zero-order chi connectivity index (χ0) is 27.5. The SMILES string of the molecule is CCCCN(Cc1ccc(-c2ccccc2-c2nnn[nH]2)cc1)C(=O)N(CC(=O)OCC)Cc1ccccc1. The average molecular weight is 527 g/mol. The van der Waals surface area contributed by atoms with Crippen LogP contribution in [0.25, 0.3) is 22.5 Å². The summed E-state index contributed by atoms with van der Waals surface area (Å²) in [6, 6.07) is 25.6. The Balaban J connectivity index is 1.54. The van der Waals surface area contributed by atoms with Gasteiger partial charge in [0, 0.05) is 25.2 Å². The summed E-state index contributed by atoms with van der Waals surface area (Å²) in [6.45, 7) is 5.38. The highest BCUT2D eigenvalue weighted by molar-refractivity contribution is 5.82. The van der Waals surface area contributed by atoms with E-state index in [1.54, 1.807) is 11.8 Å². The van der Waals surface area contributed by atoms with Gasteiger partial charge in [0.25, 0.3) is 0 Å². The molecular formula is C30H34N6O3. The smallest absolute Gasteiger partial charge is 0.325 e. The van der Waals surface area contributed by atoms with Crippen LogP contribution in [0.3, 0.4) is 0 Å². The fraction of sp³-hybridized carbons (Fsp3) is 0.300. The maximum absolute atomic E-state index is 13.8. The number of unbranched alkanes of at least 4 members (excludes halogenated alkanes) is 1. The van der Waals surface area contributed by atoms with Crippen LogP contribution in [0.5, 0.6) is 0 Å². The van der Waals surface area contributed by atoms with Gasteiger partial charge in [0.1, 0.15) is 6.54 Å². The minimum absolute atomic E-state index is 0.101. The van der Waals surface area contributed by atoms with Crippen LogP contribution in [0, 0.1) is 0 Å². The molecular weight excluding hydrogens is 492 g/mol. The number of nitrogens with one attached hydrogen (secondary N) is 1. The van der Waals surface area contributed by atoms with E-state index < -0.39 is 5.97 Å². The Hall–Kier alpha value is -4.53. The number of H-pyrrole nitrogens is 1. The number of aromatic amines is 1. The summed E-state index contributed by atoms with van der Waals surface area (Å²) >= 11 is 0. The fourth-order valence-corrected chi connectivity index (χ4v) is 4.37. The number of amides is 2. The molecule has 0 saturated heterocycles. The zero-order valence-electron chi connectivity index (χ0n) is 22.4. The van der Waals surface area contributed by atoms with Crippen molar-refractivity contribution in [3.63, 3.8) is 0 Å². The number of benzene rings is 3. The van der Waals surface area contributed by atoms with Crippen molar-refractivity contribution in [1.82, 2.24) is 30.4 Å². The quantitative estimate of drug-likeness (QED) is 0.251. The molecule has 0 spiro atoms. The molecule has 9 nitrogen and oxygen atoms in total. The van der Waals surface area contributed by atoms with Crippen LogP contribution in [-0.2, 0) is 22.6 Å². The highest BCUT2D eigenvalue weighted by Crippen LogP contribution is 2.30. The Labute approximate surface area is 228 Å². The third kappa shape index (κ3) is 7.50. The molecule has 3 aromatic carbocycles. The normalized spacial score (nSPS) is 10.7. The second-order valence-electron chi connectivity index (χ2n) is 9.20. The van der Waals surface area contributed by atoms with E-state index in [4.69, 9.17) is 4.74 Å². The molecule has 202 valence electrons. The molecule has 2 amide bonds. The summed E-state index contributed by atoms with van der Waals surface area (Å²) in [6.07, 6.45) is 1.81. The molecule has 1 heterocycles. The molecule has 0 bridgehead atoms. The van der Waals surface area contributed by atoms with Crippen LogP contribution in [0.1, 0.15) is 37.8 Å². The molecule has 0 unspecified atom stereocenters. The van der Waals surface area contributed by atoms with Crippen molar-refractivity contribution in [3.8, 4) is 22.5 Å². The second-order valence-corrected chi connectivity index (χ2v) is 9.20. The number of hydrogen-bond acceptors (Lipinski definition) is 6. The lowest BCUT2D eigenvalue weighted by molar-refractivity contribution is -0.144. The first kappa shape index (κ1) is 27.5. The molecule has 0 radical (unpaired) electrons. The highest BCUT2D eigenvalue weighted by atomic mass is 16.5. The predicted molar refractivity (Wildman–Crippen MR) is 149 cm³/mol. The molecule has 1 N–H and O–H groups in total. The standard InChI is InChI=1S/C30H34N6O3/c1-3-5-19-35(30(38)36(22-28(37)39-4-2)21-23-11-7-6-8-12-23)20-24-15-17-25(18-16-24)26-13-9-10-14-27(26)29-31-33-34-32-29/h6-18H,3-5,19-22H2,1-2H3,(H,31,32,33,34). The number of nitrogens with zero attached hydrogens (tertiary/aromatic N) is 5. The van der Waals surface area contributed by atoms with Gasteiger partial charge < -0.3 is 14.5 Å². The second kappa shape index (κ2) is 13.9. The van der Waals surface area contributed by atoms with Gasteiger partial charge in [0.2, 0.25) is 0 Å². The summed E-state index contributed by atoms with van der Waals surface area (Å²) in [7, 11) is 0. The number of carbonyl (C=O) groups is 2. The van der Waals surface area contributed by atoms with E-state index in [0.29, 0.717) is 25.5 Å². The Bertz CT molecular complexity index is 1330. The minimum Gasteiger partial charge on any atom is -0.465 e. The van der Waals surface area contributed by atoms with Gasteiger partial charge in [-0.1, -0.05) is 92.2 Å². The van der Waals surface area contributed by atoms with E-state index >= 15 is 0 Å². The molecule has 4 rings (SSSR count). The van der Waals surface area contributed by atoms with E-state index in [1.165, 1.54) is 0 Å². The lowest BCUT2D eigenvalue weighted by atomic mass is 9.98. The van der Waals surface area contributed by atoms with Gasteiger partial charge >= 0.3 is 12.0 Å². The highest BCUT2D eigenvalue weighted by Gasteiger charge is 2.24. The molecule has 0 atom stereocenters. The van der Waals surface area contributed by atoms with Crippen LogP contribution in [0.4, 0.5) is 4.79 Å². The molecule has 0 aliphatic rings. The first-order valence-electron chi connectivity index (χ1n) is 13.2. The largest absolute Gasteiger partial charge is 0.465 e. The molecule has 0 saturated carbocycles. The maximum atomic E-state index is 13.8. The number of hydrogen-bond donors (Lipinski definition) is 1. The van der Waals surface area contributed by atoms with Crippen molar-refractivity contribution in [2.24, 2.45) is 0 Å². The molecule has 0 aliphatic carbocycles. The molecule has 1 aromatic heterocycles. The third-order valence-corrected chi connectivity index (χ3v) is 6.33. The number of aromatic nitrogens is 4. The number of urea groups is 1. The topological polar surface area (TPSA) is 104 Å². The molecule has 0 aliphatic heterocycles. The van der Waals surface area contributed by atoms with Gasteiger partial charge in [0.05, 0.1) is 6.61 Å². The van der Waals surface area contributed by atoms with Crippen LogP contribution in [-0.4, -0.2) is 62.1 Å². The van der Waals surface area contributed by atoms with Crippen molar-refractivity contribution < 1.29 is 14.3 Å². The lowest BCUT2D eigenvalue weighted by Gasteiger charge is -2.30. The number of tetrazole rings is 1. The monoisotopic (exact) mass is 526 g/mol. The van der Waals surface area contributed by atoms with Crippen molar-refractivity contribution in [2.75, 3.05) is 19.7 Å². The molecule has 4 aromatic rings. The molecule has 39 heavy (non-hydrogen) atoms. The Morgan fingerprint density at radius 1 is 0.821 bits per heavy atom. The van der Waals surface area contributed by atoms with Gasteiger partial charge in [0.15, 0.2) is 5.82 Å². The van der Waals surface area contributed by atoms with E-state index in [9.17, 15) is 9.59 Å². The number of carbonyl (C=O) groups excluding carboxylic acids is 2. The molecule has 0 fully saturated rings. The van der Waals surface area contributed by atoms with E-state index in [1.807, 2.05) is 83.8 Å². The van der Waals surface area contributed by atoms with Gasteiger partial charge in [-0.15, -0.1) is 5.10 Å². The maximum Gasteiger partial charge on any atom is 0.325 e. The van der Waals surface area contributed by atoms with E-state index in [-0.39, 0.29) is 19.2 Å². The Morgan fingerprint density at radius 2 is 1.49 bits per heavy atom. The number of ether oxygens (including phenoxy) is 1. The zero-order valence-corrected chi connectivity index (χ0v) is 22.4. The van der Waals surface area contributed by atoms with E-state index in [2.05, 4.69) is 27.5 Å². The van der Waals surface area contributed by atoms with Crippen LogP contribution in [0.15, 0.2) is 78.9 Å². The predicted octanol–water partition coefficient (Wildman–Crippen LogP) is 5.32. The Kier molecular flexibility index (Phi) is 9.77. The summed E-state index contributed by atoms with van der Waals surface area (Å²) < 4.78 is 5.17.